The molecule has 0 saturated carbocycles. The summed E-state index contributed by atoms with van der Waals surface area (Å²) in [5.41, 5.74) is 4.20. The molecule has 158 valence electrons. The topological polar surface area (TPSA) is 54.2 Å². The summed E-state index contributed by atoms with van der Waals surface area (Å²) in [6.07, 6.45) is 4.49. The van der Waals surface area contributed by atoms with Crippen LogP contribution in [0.25, 0.3) is 16.9 Å². The van der Waals surface area contributed by atoms with Crippen LogP contribution in [0.1, 0.15) is 31.4 Å². The Morgan fingerprint density at radius 1 is 1.10 bits per heavy atom. The van der Waals surface area contributed by atoms with Crippen LogP contribution in [-0.2, 0) is 0 Å². The molecule has 1 aliphatic heterocycles. The van der Waals surface area contributed by atoms with E-state index in [1.165, 1.54) is 23.3 Å². The van der Waals surface area contributed by atoms with Gasteiger partial charge in [-0.1, -0.05) is 42.5 Å². The van der Waals surface area contributed by atoms with Crippen LogP contribution < -0.4 is 10.6 Å². The number of aromatic nitrogens is 3. The van der Waals surface area contributed by atoms with E-state index in [0.717, 1.165) is 35.0 Å². The van der Waals surface area contributed by atoms with Gasteiger partial charge in [-0.3, -0.25) is 0 Å². The lowest BCUT2D eigenvalue weighted by Gasteiger charge is -2.15. The van der Waals surface area contributed by atoms with E-state index in [0.29, 0.717) is 6.04 Å². The number of hydrogen-bond acceptors (Lipinski definition) is 5. The van der Waals surface area contributed by atoms with Gasteiger partial charge in [0.15, 0.2) is 5.65 Å². The maximum absolute atomic E-state index is 4.82. The minimum absolute atomic E-state index is 0.170. The maximum Gasteiger partial charge on any atom is 0.154 e. The molecule has 0 unspecified atom stereocenters. The largest absolute Gasteiger partial charge is 0.362 e. The SMILES string of the molecule is C[C@@H](Nc1ccc2ncc(-c3ccc(SC[C@@H]4CCCN4)cc3)n2n1)c1ccccc1. The first-order valence-electron chi connectivity index (χ1n) is 10.9. The first-order valence-corrected chi connectivity index (χ1v) is 11.9. The summed E-state index contributed by atoms with van der Waals surface area (Å²) in [5.74, 6) is 1.96. The lowest BCUT2D eigenvalue weighted by molar-refractivity contribution is 0.674. The van der Waals surface area contributed by atoms with Gasteiger partial charge in [0, 0.05) is 28.3 Å². The van der Waals surface area contributed by atoms with E-state index in [2.05, 4.69) is 71.1 Å². The third-order valence-corrected chi connectivity index (χ3v) is 6.96. The number of thioether (sulfide) groups is 1. The number of benzene rings is 2. The molecule has 1 aliphatic rings. The van der Waals surface area contributed by atoms with Crippen molar-refractivity contribution < 1.29 is 0 Å². The third-order valence-electron chi connectivity index (χ3n) is 5.79. The fourth-order valence-corrected chi connectivity index (χ4v) is 5.02. The van der Waals surface area contributed by atoms with Gasteiger partial charge in [-0.05, 0) is 56.1 Å². The fourth-order valence-electron chi connectivity index (χ4n) is 4.01. The third kappa shape index (κ3) is 4.60. The molecule has 3 heterocycles. The summed E-state index contributed by atoms with van der Waals surface area (Å²) in [4.78, 5) is 5.85. The van der Waals surface area contributed by atoms with Crippen molar-refractivity contribution in [1.82, 2.24) is 19.9 Å². The van der Waals surface area contributed by atoms with Crippen molar-refractivity contribution in [2.45, 2.75) is 36.7 Å². The lowest BCUT2D eigenvalue weighted by Crippen LogP contribution is -2.23. The van der Waals surface area contributed by atoms with Crippen LogP contribution in [0.15, 0.2) is 77.8 Å². The predicted molar refractivity (Wildman–Crippen MR) is 129 cm³/mol. The summed E-state index contributed by atoms with van der Waals surface area (Å²) in [6, 6.07) is 24.0. The smallest absolute Gasteiger partial charge is 0.154 e. The molecule has 0 amide bonds. The van der Waals surface area contributed by atoms with E-state index in [-0.39, 0.29) is 6.04 Å². The number of imidazole rings is 1. The predicted octanol–water partition coefficient (Wildman–Crippen LogP) is 5.41. The molecule has 31 heavy (non-hydrogen) atoms. The quantitative estimate of drug-likeness (QED) is 0.385. The highest BCUT2D eigenvalue weighted by molar-refractivity contribution is 7.99. The van der Waals surface area contributed by atoms with Crippen LogP contribution in [0.3, 0.4) is 0 Å². The number of anilines is 1. The Morgan fingerprint density at radius 2 is 1.94 bits per heavy atom. The molecule has 2 N–H and O–H groups in total. The first-order chi connectivity index (χ1) is 15.3. The van der Waals surface area contributed by atoms with Gasteiger partial charge in [-0.15, -0.1) is 16.9 Å². The molecule has 5 nitrogen and oxygen atoms in total. The summed E-state index contributed by atoms with van der Waals surface area (Å²) in [6.45, 7) is 3.31. The fraction of sp³-hybridized carbons (Fsp3) is 0.280. The number of fused-ring (bicyclic) bond motifs is 1. The normalized spacial score (nSPS) is 17.1. The molecule has 2 aromatic carbocycles. The minimum atomic E-state index is 0.170. The molecule has 4 aromatic rings. The summed E-state index contributed by atoms with van der Waals surface area (Å²) in [7, 11) is 0. The van der Waals surface area contributed by atoms with Gasteiger partial charge in [0.05, 0.1) is 11.9 Å². The number of hydrogen-bond donors (Lipinski definition) is 2. The number of rotatable bonds is 7. The zero-order valence-corrected chi connectivity index (χ0v) is 18.5. The highest BCUT2D eigenvalue weighted by Crippen LogP contribution is 2.27. The van der Waals surface area contributed by atoms with E-state index in [4.69, 9.17) is 5.10 Å². The molecule has 5 rings (SSSR count). The Hall–Kier alpha value is -2.83. The van der Waals surface area contributed by atoms with Crippen LogP contribution in [0.2, 0.25) is 0 Å². The van der Waals surface area contributed by atoms with E-state index < -0.39 is 0 Å². The summed E-state index contributed by atoms with van der Waals surface area (Å²) < 4.78 is 1.92. The number of nitrogens with one attached hydrogen (secondary N) is 2. The van der Waals surface area contributed by atoms with E-state index in [1.54, 1.807) is 0 Å². The van der Waals surface area contributed by atoms with E-state index >= 15 is 0 Å². The van der Waals surface area contributed by atoms with Gasteiger partial charge in [0.25, 0.3) is 0 Å². The summed E-state index contributed by atoms with van der Waals surface area (Å²) in [5, 5.41) is 11.9. The Morgan fingerprint density at radius 3 is 2.71 bits per heavy atom. The second kappa shape index (κ2) is 9.12. The molecule has 2 atom stereocenters. The van der Waals surface area contributed by atoms with Gasteiger partial charge in [-0.2, -0.15) is 0 Å². The number of nitrogens with zero attached hydrogens (tertiary/aromatic N) is 3. The Balaban J connectivity index is 1.33. The maximum atomic E-state index is 4.82. The highest BCUT2D eigenvalue weighted by atomic mass is 32.2. The molecular formula is C25H27N5S. The monoisotopic (exact) mass is 429 g/mol. The lowest BCUT2D eigenvalue weighted by atomic mass is 10.1. The van der Waals surface area contributed by atoms with Crippen molar-refractivity contribution in [3.63, 3.8) is 0 Å². The molecule has 0 radical (unpaired) electrons. The molecule has 2 aromatic heterocycles. The summed E-state index contributed by atoms with van der Waals surface area (Å²) >= 11 is 1.92. The molecular weight excluding hydrogens is 402 g/mol. The zero-order chi connectivity index (χ0) is 21.0. The molecule has 1 saturated heterocycles. The Bertz CT molecular complexity index is 1130. The average molecular weight is 430 g/mol. The van der Waals surface area contributed by atoms with Crippen LogP contribution in [-0.4, -0.2) is 32.9 Å². The molecule has 6 heteroatoms. The van der Waals surface area contributed by atoms with Gasteiger partial charge in [0.2, 0.25) is 0 Å². The van der Waals surface area contributed by atoms with Gasteiger partial charge >= 0.3 is 0 Å². The van der Waals surface area contributed by atoms with Gasteiger partial charge in [0.1, 0.15) is 5.82 Å². The molecule has 0 bridgehead atoms. The van der Waals surface area contributed by atoms with Crippen LogP contribution >= 0.6 is 11.8 Å². The highest BCUT2D eigenvalue weighted by Gasteiger charge is 2.14. The zero-order valence-electron chi connectivity index (χ0n) is 17.7. The average Bonchev–Trinajstić information content (AvgIpc) is 3.48. The Labute approximate surface area is 187 Å². The van der Waals surface area contributed by atoms with Crippen molar-refractivity contribution in [1.29, 1.82) is 0 Å². The van der Waals surface area contributed by atoms with Crippen LogP contribution in [0.5, 0.6) is 0 Å². The molecule has 1 fully saturated rings. The van der Waals surface area contributed by atoms with Crippen molar-refractivity contribution in [2.24, 2.45) is 0 Å². The Kier molecular flexibility index (Phi) is 5.91. The van der Waals surface area contributed by atoms with E-state index in [1.807, 2.05) is 40.7 Å². The second-order valence-electron chi connectivity index (χ2n) is 8.04. The standard InChI is InChI=1S/C25H27N5S/c1-18(19-6-3-2-4-7-19)28-24-13-14-25-27-16-23(30(25)29-24)20-9-11-22(12-10-20)31-17-21-8-5-15-26-21/h2-4,6-7,9-14,16,18,21,26H,5,8,15,17H2,1H3,(H,28,29)/t18-,21+/m1/s1. The van der Waals surface area contributed by atoms with Crippen LogP contribution in [0.4, 0.5) is 5.82 Å². The molecule has 0 aliphatic carbocycles. The van der Waals surface area contributed by atoms with E-state index in [9.17, 15) is 0 Å². The molecule has 0 spiro atoms. The minimum Gasteiger partial charge on any atom is -0.362 e. The second-order valence-corrected chi connectivity index (χ2v) is 9.13. The van der Waals surface area contributed by atoms with Crippen LogP contribution in [0, 0.1) is 0 Å². The van der Waals surface area contributed by atoms with Crippen molar-refractivity contribution in [3.05, 3.63) is 78.5 Å². The van der Waals surface area contributed by atoms with Crippen molar-refractivity contribution in [3.8, 4) is 11.3 Å². The first kappa shape index (κ1) is 20.1. The van der Waals surface area contributed by atoms with Gasteiger partial charge in [-0.25, -0.2) is 9.50 Å². The van der Waals surface area contributed by atoms with Crippen molar-refractivity contribution >= 4 is 23.2 Å². The van der Waals surface area contributed by atoms with Crippen molar-refractivity contribution in [2.75, 3.05) is 17.6 Å². The van der Waals surface area contributed by atoms with Gasteiger partial charge < -0.3 is 10.6 Å².